The maximum absolute atomic E-state index is 15.0. The maximum Gasteiger partial charge on any atom is 0.228 e. The molecule has 2 heterocycles. The van der Waals surface area contributed by atoms with Crippen LogP contribution in [0.4, 0.5) is 24.5 Å². The van der Waals surface area contributed by atoms with Crippen LogP contribution in [0.15, 0.2) is 66.9 Å². The van der Waals surface area contributed by atoms with Gasteiger partial charge in [-0.05, 0) is 66.1 Å². The summed E-state index contributed by atoms with van der Waals surface area (Å²) in [5, 5.41) is 5.99. The molecule has 0 unspecified atom stereocenters. The van der Waals surface area contributed by atoms with Crippen LogP contribution in [0.25, 0.3) is 0 Å². The lowest BCUT2D eigenvalue weighted by Crippen LogP contribution is -2.33. The van der Waals surface area contributed by atoms with Gasteiger partial charge in [-0.15, -0.1) is 0 Å². The third-order valence-corrected chi connectivity index (χ3v) is 6.92. The van der Waals surface area contributed by atoms with Crippen molar-refractivity contribution < 1.29 is 36.9 Å². The first-order chi connectivity index (χ1) is 21.3. The molecular formula is C32H29ClF3N3O5. The summed E-state index contributed by atoms with van der Waals surface area (Å²) in [6.45, 7) is 1.28. The number of pyridine rings is 1. The fourth-order valence-electron chi connectivity index (χ4n) is 4.42. The van der Waals surface area contributed by atoms with Crippen molar-refractivity contribution in [2.75, 3.05) is 30.9 Å². The van der Waals surface area contributed by atoms with E-state index >= 15 is 4.39 Å². The summed E-state index contributed by atoms with van der Waals surface area (Å²) in [4.78, 5) is 17.0. The number of methoxy groups -OCH3 is 1. The average molecular weight is 628 g/mol. The molecule has 8 nitrogen and oxygen atoms in total. The Morgan fingerprint density at radius 1 is 0.977 bits per heavy atom. The van der Waals surface area contributed by atoms with Crippen LogP contribution in [0.5, 0.6) is 17.2 Å². The van der Waals surface area contributed by atoms with E-state index in [0.29, 0.717) is 35.7 Å². The van der Waals surface area contributed by atoms with Crippen LogP contribution in [-0.4, -0.2) is 37.3 Å². The molecule has 1 aromatic heterocycles. The summed E-state index contributed by atoms with van der Waals surface area (Å²) in [5.74, 6) is -2.27. The van der Waals surface area contributed by atoms with Gasteiger partial charge in [0.2, 0.25) is 5.91 Å². The number of aromatic nitrogens is 1. The van der Waals surface area contributed by atoms with Crippen LogP contribution in [-0.2, 0) is 33.9 Å². The molecule has 0 bridgehead atoms. The van der Waals surface area contributed by atoms with Gasteiger partial charge in [0.05, 0.1) is 30.5 Å². The highest BCUT2D eigenvalue weighted by atomic mass is 35.5. The van der Waals surface area contributed by atoms with Crippen molar-refractivity contribution in [1.82, 2.24) is 4.98 Å². The van der Waals surface area contributed by atoms with Crippen molar-refractivity contribution in [1.29, 1.82) is 0 Å². The Morgan fingerprint density at radius 2 is 1.75 bits per heavy atom. The first-order valence-corrected chi connectivity index (χ1v) is 14.1. The summed E-state index contributed by atoms with van der Waals surface area (Å²) in [7, 11) is 1.51. The Bertz CT molecular complexity index is 1640. The number of halogens is 4. The standard InChI is InChI=1S/C32H29ClF3N3O5/c1-41-17-20-11-27(36)32(28(12-20)38-16-24-7-9-42-24)39-31(40)13-19-2-4-30(25(34)10-19)44-23-6-8-37-22(15-23)18-43-29-5-3-21(33)14-26(29)35/h2-6,8,10-12,14-15,24,38H,7,9,13,16-18H2,1H3,(H,39,40)/t24-/m0/s1. The fourth-order valence-corrected chi connectivity index (χ4v) is 4.58. The van der Waals surface area contributed by atoms with E-state index in [4.69, 9.17) is 30.5 Å². The van der Waals surface area contributed by atoms with Crippen LogP contribution < -0.4 is 20.1 Å². The SMILES string of the molecule is COCc1cc(F)c(NC(=O)Cc2ccc(Oc3ccnc(COc4ccc(Cl)cc4F)c3)c(F)c2)c(NC[C@@H]2CCO2)c1. The summed E-state index contributed by atoms with van der Waals surface area (Å²) in [6, 6.07) is 14.2. The van der Waals surface area contributed by atoms with E-state index in [-0.39, 0.29) is 53.7 Å². The van der Waals surface area contributed by atoms with Crippen LogP contribution in [0.2, 0.25) is 5.02 Å². The van der Waals surface area contributed by atoms with Crippen molar-refractivity contribution in [2.45, 2.75) is 32.2 Å². The molecule has 0 saturated carbocycles. The summed E-state index contributed by atoms with van der Waals surface area (Å²) >= 11 is 5.76. The number of hydrogen-bond donors (Lipinski definition) is 2. The van der Waals surface area contributed by atoms with Crippen molar-refractivity contribution in [2.24, 2.45) is 0 Å². The normalized spacial score (nSPS) is 14.1. The number of carbonyl (C=O) groups is 1. The quantitative estimate of drug-likeness (QED) is 0.164. The van der Waals surface area contributed by atoms with Crippen LogP contribution in [0, 0.1) is 17.5 Å². The molecular weight excluding hydrogens is 599 g/mol. The van der Waals surface area contributed by atoms with E-state index in [0.717, 1.165) is 12.5 Å². The Balaban J connectivity index is 1.21. The van der Waals surface area contributed by atoms with Crippen molar-refractivity contribution in [3.63, 3.8) is 0 Å². The van der Waals surface area contributed by atoms with Crippen LogP contribution in [0.3, 0.4) is 0 Å². The number of ether oxygens (including phenoxy) is 4. The monoisotopic (exact) mass is 627 g/mol. The van der Waals surface area contributed by atoms with Gasteiger partial charge in [0.25, 0.3) is 0 Å². The lowest BCUT2D eigenvalue weighted by molar-refractivity contribution is -0.115. The number of amides is 1. The number of benzene rings is 3. The molecule has 12 heteroatoms. The second-order valence-electron chi connectivity index (χ2n) is 10.0. The smallest absolute Gasteiger partial charge is 0.228 e. The zero-order chi connectivity index (χ0) is 31.1. The molecule has 2 N–H and O–H groups in total. The number of nitrogens with one attached hydrogen (secondary N) is 2. The zero-order valence-corrected chi connectivity index (χ0v) is 24.4. The number of carbonyl (C=O) groups excluding carboxylic acids is 1. The number of nitrogens with zero attached hydrogens (tertiary/aromatic N) is 1. The second-order valence-corrected chi connectivity index (χ2v) is 10.5. The van der Waals surface area contributed by atoms with Gasteiger partial charge in [-0.1, -0.05) is 17.7 Å². The molecule has 4 aromatic rings. The van der Waals surface area contributed by atoms with E-state index in [1.165, 1.54) is 61.8 Å². The molecule has 1 fully saturated rings. The van der Waals surface area contributed by atoms with Gasteiger partial charge in [-0.3, -0.25) is 9.78 Å². The van der Waals surface area contributed by atoms with Crippen molar-refractivity contribution in [3.05, 3.63) is 106 Å². The fraction of sp³-hybridized carbons (Fsp3) is 0.250. The largest absolute Gasteiger partial charge is 0.484 e. The van der Waals surface area contributed by atoms with Crippen LogP contribution >= 0.6 is 11.6 Å². The van der Waals surface area contributed by atoms with Gasteiger partial charge < -0.3 is 29.6 Å². The van der Waals surface area contributed by atoms with Gasteiger partial charge in [0.15, 0.2) is 23.1 Å². The van der Waals surface area contributed by atoms with E-state index in [1.807, 2.05) is 0 Å². The maximum atomic E-state index is 15.0. The summed E-state index contributed by atoms with van der Waals surface area (Å²) < 4.78 is 65.7. The Labute approximate surface area is 257 Å². The van der Waals surface area contributed by atoms with E-state index in [9.17, 15) is 13.6 Å². The minimum Gasteiger partial charge on any atom is -0.484 e. The van der Waals surface area contributed by atoms with Crippen molar-refractivity contribution in [3.8, 4) is 17.2 Å². The Kier molecular flexibility index (Phi) is 10.2. The molecule has 0 aliphatic carbocycles. The molecule has 1 atom stereocenters. The molecule has 0 radical (unpaired) electrons. The van der Waals surface area contributed by atoms with Crippen LogP contribution in [0.1, 0.15) is 23.2 Å². The molecule has 1 aliphatic rings. The van der Waals surface area contributed by atoms with Gasteiger partial charge in [-0.2, -0.15) is 0 Å². The lowest BCUT2D eigenvalue weighted by atomic mass is 10.1. The third kappa shape index (κ3) is 8.19. The number of hydrogen-bond acceptors (Lipinski definition) is 7. The molecule has 44 heavy (non-hydrogen) atoms. The highest BCUT2D eigenvalue weighted by molar-refractivity contribution is 6.30. The highest BCUT2D eigenvalue weighted by Gasteiger charge is 2.20. The highest BCUT2D eigenvalue weighted by Crippen LogP contribution is 2.30. The predicted octanol–water partition coefficient (Wildman–Crippen LogP) is 7.05. The molecule has 3 aromatic carbocycles. The minimum absolute atomic E-state index is 0.00845. The molecule has 0 spiro atoms. The first kappa shape index (κ1) is 31.1. The van der Waals surface area contributed by atoms with Crippen molar-refractivity contribution >= 4 is 28.9 Å². The minimum atomic E-state index is -0.703. The van der Waals surface area contributed by atoms with Gasteiger partial charge in [0, 0.05) is 37.5 Å². The summed E-state index contributed by atoms with van der Waals surface area (Å²) in [6.07, 6.45) is 2.15. The third-order valence-electron chi connectivity index (χ3n) is 6.69. The lowest BCUT2D eigenvalue weighted by Gasteiger charge is -2.27. The van der Waals surface area contributed by atoms with E-state index in [2.05, 4.69) is 15.6 Å². The Hall–Kier alpha value is -4.32. The number of rotatable bonds is 13. The Morgan fingerprint density at radius 3 is 2.48 bits per heavy atom. The van der Waals surface area contributed by atoms with Gasteiger partial charge in [-0.25, -0.2) is 13.2 Å². The van der Waals surface area contributed by atoms with E-state index in [1.54, 1.807) is 6.07 Å². The molecule has 1 aliphatic heterocycles. The molecule has 230 valence electrons. The molecule has 1 amide bonds. The zero-order valence-electron chi connectivity index (χ0n) is 23.7. The molecule has 1 saturated heterocycles. The first-order valence-electron chi connectivity index (χ1n) is 13.7. The number of anilines is 2. The second kappa shape index (κ2) is 14.4. The topological polar surface area (TPSA) is 90.9 Å². The van der Waals surface area contributed by atoms with Gasteiger partial charge >= 0.3 is 0 Å². The average Bonchev–Trinajstić information content (AvgIpc) is 2.95. The van der Waals surface area contributed by atoms with Gasteiger partial charge in [0.1, 0.15) is 23.9 Å². The van der Waals surface area contributed by atoms with E-state index < -0.39 is 23.4 Å². The predicted molar refractivity (Wildman–Crippen MR) is 159 cm³/mol. The molecule has 5 rings (SSSR count). The summed E-state index contributed by atoms with van der Waals surface area (Å²) in [5.41, 5.74) is 1.76.